The molecule has 0 unspecified atom stereocenters. The van der Waals surface area contributed by atoms with Gasteiger partial charge in [-0.05, 0) is 61.4 Å². The molecule has 1 fully saturated rings. The van der Waals surface area contributed by atoms with E-state index in [-0.39, 0.29) is 23.3 Å². The van der Waals surface area contributed by atoms with E-state index in [1.807, 2.05) is 24.3 Å². The highest BCUT2D eigenvalue weighted by Gasteiger charge is 2.22. The summed E-state index contributed by atoms with van der Waals surface area (Å²) in [6, 6.07) is 15.1. The molecule has 4 aromatic rings. The molecular formula is C25H21FN4O3. The first-order valence-electron chi connectivity index (χ1n) is 10.7. The van der Waals surface area contributed by atoms with Crippen LogP contribution in [0.5, 0.6) is 0 Å². The summed E-state index contributed by atoms with van der Waals surface area (Å²) in [5.41, 5.74) is 4.12. The molecule has 0 spiro atoms. The minimum absolute atomic E-state index is 0.138. The molecule has 7 nitrogen and oxygen atoms in total. The van der Waals surface area contributed by atoms with Gasteiger partial charge in [-0.2, -0.15) is 0 Å². The lowest BCUT2D eigenvalue weighted by Gasteiger charge is -2.16. The van der Waals surface area contributed by atoms with Gasteiger partial charge in [0.15, 0.2) is 0 Å². The molecule has 166 valence electrons. The second kappa shape index (κ2) is 8.46. The highest BCUT2D eigenvalue weighted by Crippen LogP contribution is 2.27. The average Bonchev–Trinajstić information content (AvgIpc) is 3.43. The Bertz CT molecular complexity index is 1350. The third-order valence-corrected chi connectivity index (χ3v) is 5.78. The number of aryl methyl sites for hydroxylation is 1. The third kappa shape index (κ3) is 4.07. The predicted molar refractivity (Wildman–Crippen MR) is 121 cm³/mol. The quantitative estimate of drug-likeness (QED) is 0.493. The summed E-state index contributed by atoms with van der Waals surface area (Å²) >= 11 is 0. The number of pyridine rings is 1. The monoisotopic (exact) mass is 444 g/mol. The molecule has 0 atom stereocenters. The van der Waals surface area contributed by atoms with Crippen LogP contribution in [-0.4, -0.2) is 28.5 Å². The number of rotatable bonds is 5. The fourth-order valence-corrected chi connectivity index (χ4v) is 4.03. The molecule has 1 N–H and O–H groups in total. The molecule has 5 rings (SSSR count). The second-order valence-electron chi connectivity index (χ2n) is 8.01. The Morgan fingerprint density at radius 1 is 1.15 bits per heavy atom. The smallest absolute Gasteiger partial charge is 0.259 e. The van der Waals surface area contributed by atoms with Gasteiger partial charge in [0.1, 0.15) is 5.82 Å². The average molecular weight is 444 g/mol. The summed E-state index contributed by atoms with van der Waals surface area (Å²) in [7, 11) is 0. The fraction of sp³-hybridized carbons (Fsp3) is 0.200. The summed E-state index contributed by atoms with van der Waals surface area (Å²) in [6.07, 6.45) is 1.46. The summed E-state index contributed by atoms with van der Waals surface area (Å²) in [6.45, 7) is 2.80. The number of carbonyl (C=O) groups is 2. The predicted octanol–water partition coefficient (Wildman–Crippen LogP) is 4.39. The first-order valence-corrected chi connectivity index (χ1v) is 10.7. The van der Waals surface area contributed by atoms with E-state index in [9.17, 15) is 14.0 Å². The van der Waals surface area contributed by atoms with Gasteiger partial charge in [0.2, 0.25) is 5.91 Å². The van der Waals surface area contributed by atoms with E-state index in [4.69, 9.17) is 4.52 Å². The highest BCUT2D eigenvalue weighted by atomic mass is 19.1. The number of nitrogens with zero attached hydrogens (tertiary/aromatic N) is 3. The number of hydrogen-bond acceptors (Lipinski definition) is 5. The summed E-state index contributed by atoms with van der Waals surface area (Å²) in [5, 5.41) is 7.43. The first-order chi connectivity index (χ1) is 16.0. The van der Waals surface area contributed by atoms with E-state index in [2.05, 4.69) is 15.5 Å². The molecule has 0 radical (unpaired) electrons. The van der Waals surface area contributed by atoms with E-state index in [0.717, 1.165) is 24.2 Å². The van der Waals surface area contributed by atoms with Crippen molar-refractivity contribution in [2.24, 2.45) is 0 Å². The van der Waals surface area contributed by atoms with E-state index in [1.54, 1.807) is 30.0 Å². The lowest BCUT2D eigenvalue weighted by molar-refractivity contribution is -0.117. The Balaban J connectivity index is 1.38. The highest BCUT2D eigenvalue weighted by molar-refractivity contribution is 6.07. The van der Waals surface area contributed by atoms with Crippen LogP contribution in [0.15, 0.2) is 59.1 Å². The molecule has 1 aliphatic heterocycles. The molecule has 2 amide bonds. The van der Waals surface area contributed by atoms with E-state index < -0.39 is 0 Å². The van der Waals surface area contributed by atoms with Crippen molar-refractivity contribution >= 4 is 28.6 Å². The molecule has 0 aliphatic carbocycles. The Labute approximate surface area is 189 Å². The van der Waals surface area contributed by atoms with Gasteiger partial charge in [-0.25, -0.2) is 9.37 Å². The van der Waals surface area contributed by atoms with Crippen LogP contribution in [0.4, 0.5) is 10.1 Å². The summed E-state index contributed by atoms with van der Waals surface area (Å²) in [4.78, 5) is 31.3. The molecule has 0 saturated carbocycles. The molecule has 2 aromatic carbocycles. The number of anilines is 1. The fourth-order valence-electron chi connectivity index (χ4n) is 4.03. The van der Waals surface area contributed by atoms with Crippen LogP contribution in [0.2, 0.25) is 0 Å². The van der Waals surface area contributed by atoms with Crippen molar-refractivity contribution in [1.82, 2.24) is 15.5 Å². The molecule has 3 heterocycles. The molecule has 1 saturated heterocycles. The Morgan fingerprint density at radius 3 is 2.61 bits per heavy atom. The third-order valence-electron chi connectivity index (χ3n) is 5.78. The van der Waals surface area contributed by atoms with E-state index >= 15 is 0 Å². The first kappa shape index (κ1) is 20.8. The maximum absolute atomic E-state index is 13.3. The van der Waals surface area contributed by atoms with Crippen LogP contribution >= 0.6 is 0 Å². The molecule has 33 heavy (non-hydrogen) atoms. The van der Waals surface area contributed by atoms with Crippen molar-refractivity contribution in [3.63, 3.8) is 0 Å². The molecule has 2 aromatic heterocycles. The van der Waals surface area contributed by atoms with Gasteiger partial charge in [-0.3, -0.25) is 9.59 Å². The number of carbonyl (C=O) groups excluding carboxylic acids is 2. The van der Waals surface area contributed by atoms with Crippen LogP contribution in [0, 0.1) is 12.7 Å². The van der Waals surface area contributed by atoms with Crippen molar-refractivity contribution in [3.8, 4) is 11.3 Å². The summed E-state index contributed by atoms with van der Waals surface area (Å²) in [5.74, 6) is -0.511. The number of benzene rings is 2. The number of amides is 2. The molecular weight excluding hydrogens is 423 g/mol. The minimum Gasteiger partial charge on any atom is -0.348 e. The number of hydrogen-bond donors (Lipinski definition) is 1. The topological polar surface area (TPSA) is 88.3 Å². The SMILES string of the molecule is Cc1noc2nc(-c3ccc(F)cc3)cc(C(=O)NCc3ccc(N4CCCC4=O)cc3)c12. The van der Waals surface area contributed by atoms with Crippen LogP contribution in [0.3, 0.4) is 0 Å². The van der Waals surface area contributed by atoms with E-state index in [1.165, 1.54) is 12.1 Å². The van der Waals surface area contributed by atoms with Crippen molar-refractivity contribution < 1.29 is 18.5 Å². The normalized spacial score (nSPS) is 13.6. The van der Waals surface area contributed by atoms with Gasteiger partial charge in [0.05, 0.1) is 22.3 Å². The van der Waals surface area contributed by atoms with Crippen LogP contribution in [-0.2, 0) is 11.3 Å². The Morgan fingerprint density at radius 2 is 1.91 bits per heavy atom. The maximum atomic E-state index is 13.3. The molecule has 0 bridgehead atoms. The lowest BCUT2D eigenvalue weighted by atomic mass is 10.0. The zero-order chi connectivity index (χ0) is 22.9. The number of fused-ring (bicyclic) bond motifs is 1. The zero-order valence-electron chi connectivity index (χ0n) is 18.0. The van der Waals surface area contributed by atoms with Crippen LogP contribution < -0.4 is 10.2 Å². The Kier molecular flexibility index (Phi) is 5.34. The summed E-state index contributed by atoms with van der Waals surface area (Å²) < 4.78 is 18.6. The molecule has 1 aliphatic rings. The second-order valence-corrected chi connectivity index (χ2v) is 8.01. The number of halogens is 1. The van der Waals surface area contributed by atoms with Crippen molar-refractivity contribution in [3.05, 3.63) is 77.2 Å². The van der Waals surface area contributed by atoms with Gasteiger partial charge in [0.25, 0.3) is 11.6 Å². The largest absolute Gasteiger partial charge is 0.348 e. The Hall–Kier alpha value is -4.07. The van der Waals surface area contributed by atoms with Crippen molar-refractivity contribution in [1.29, 1.82) is 0 Å². The van der Waals surface area contributed by atoms with Crippen molar-refractivity contribution in [2.75, 3.05) is 11.4 Å². The minimum atomic E-state index is -0.353. The van der Waals surface area contributed by atoms with Gasteiger partial charge in [-0.1, -0.05) is 17.3 Å². The lowest BCUT2D eigenvalue weighted by Crippen LogP contribution is -2.24. The van der Waals surface area contributed by atoms with Gasteiger partial charge >= 0.3 is 0 Å². The standard InChI is InChI=1S/C25H21FN4O3/c1-15-23-20(13-21(28-25(23)33-29-15)17-6-8-18(26)9-7-17)24(32)27-14-16-4-10-19(11-5-16)30-12-2-3-22(30)31/h4-11,13H,2-3,12,14H2,1H3,(H,27,32). The zero-order valence-corrected chi connectivity index (χ0v) is 18.0. The number of nitrogens with one attached hydrogen (secondary N) is 1. The number of aromatic nitrogens is 2. The van der Waals surface area contributed by atoms with Crippen LogP contribution in [0.25, 0.3) is 22.4 Å². The van der Waals surface area contributed by atoms with Crippen molar-refractivity contribution in [2.45, 2.75) is 26.3 Å². The van der Waals surface area contributed by atoms with Crippen LogP contribution in [0.1, 0.15) is 34.5 Å². The van der Waals surface area contributed by atoms with Gasteiger partial charge in [-0.15, -0.1) is 0 Å². The van der Waals surface area contributed by atoms with Gasteiger partial charge in [0, 0.05) is 30.8 Å². The van der Waals surface area contributed by atoms with Gasteiger partial charge < -0.3 is 14.7 Å². The maximum Gasteiger partial charge on any atom is 0.259 e. The van der Waals surface area contributed by atoms with E-state index in [0.29, 0.717) is 40.9 Å². The molecule has 8 heteroatoms.